The smallest absolute Gasteiger partial charge is 0.257 e. The third-order valence-electron chi connectivity index (χ3n) is 3.69. The molecule has 3 rings (SSSR count). The molecule has 1 heterocycles. The Hall–Kier alpha value is -2.04. The molecule has 1 fully saturated rings. The van der Waals surface area contributed by atoms with E-state index in [2.05, 4.69) is 5.32 Å². The Kier molecular flexibility index (Phi) is 4.55. The first-order valence-electron chi connectivity index (χ1n) is 7.22. The molecule has 1 N–H and O–H groups in total. The summed E-state index contributed by atoms with van der Waals surface area (Å²) in [5.74, 6) is -0.302. The lowest BCUT2D eigenvalue weighted by Gasteiger charge is -2.20. The maximum absolute atomic E-state index is 12.5. The number of halogens is 2. The van der Waals surface area contributed by atoms with Gasteiger partial charge in [0.25, 0.3) is 5.91 Å². The Balaban J connectivity index is 1.90. The molecule has 0 radical (unpaired) electrons. The van der Waals surface area contributed by atoms with Gasteiger partial charge in [0.2, 0.25) is 5.91 Å². The quantitative estimate of drug-likeness (QED) is 0.894. The minimum absolute atomic E-state index is 0.0625. The summed E-state index contributed by atoms with van der Waals surface area (Å²) in [4.78, 5) is 26.1. The van der Waals surface area contributed by atoms with Crippen molar-refractivity contribution in [3.8, 4) is 0 Å². The van der Waals surface area contributed by atoms with Crippen molar-refractivity contribution in [3.63, 3.8) is 0 Å². The Morgan fingerprint density at radius 2 is 1.91 bits per heavy atom. The molecular weight excluding hydrogens is 335 g/mol. The molecule has 2 aromatic rings. The van der Waals surface area contributed by atoms with E-state index < -0.39 is 0 Å². The van der Waals surface area contributed by atoms with E-state index in [0.717, 1.165) is 6.42 Å². The molecule has 0 bridgehead atoms. The van der Waals surface area contributed by atoms with Crippen molar-refractivity contribution in [1.29, 1.82) is 0 Å². The summed E-state index contributed by atoms with van der Waals surface area (Å²) in [5.41, 5.74) is 1.56. The van der Waals surface area contributed by atoms with Crippen molar-refractivity contribution in [3.05, 3.63) is 58.1 Å². The number of hydrogen-bond donors (Lipinski definition) is 1. The van der Waals surface area contributed by atoms with Gasteiger partial charge in [-0.25, -0.2) is 0 Å². The van der Waals surface area contributed by atoms with Crippen LogP contribution in [0.5, 0.6) is 0 Å². The van der Waals surface area contributed by atoms with Gasteiger partial charge in [-0.1, -0.05) is 35.3 Å². The van der Waals surface area contributed by atoms with Gasteiger partial charge < -0.3 is 10.2 Å². The molecular formula is C17H14Cl2N2O2. The largest absolute Gasteiger partial charge is 0.320 e. The minimum Gasteiger partial charge on any atom is -0.320 e. The predicted octanol–water partition coefficient (Wildman–Crippen LogP) is 4.37. The highest BCUT2D eigenvalue weighted by molar-refractivity contribution is 6.36. The van der Waals surface area contributed by atoms with Crippen LogP contribution in [0.4, 0.5) is 11.4 Å². The maximum atomic E-state index is 12.5. The molecule has 23 heavy (non-hydrogen) atoms. The summed E-state index contributed by atoms with van der Waals surface area (Å²) in [6.45, 7) is 0.656. The Labute approximate surface area is 144 Å². The van der Waals surface area contributed by atoms with Crippen LogP contribution in [-0.2, 0) is 4.79 Å². The van der Waals surface area contributed by atoms with E-state index in [4.69, 9.17) is 23.2 Å². The van der Waals surface area contributed by atoms with Gasteiger partial charge in [-0.3, -0.25) is 9.59 Å². The first-order chi connectivity index (χ1) is 11.1. The number of hydrogen-bond acceptors (Lipinski definition) is 2. The van der Waals surface area contributed by atoms with Gasteiger partial charge in [0.05, 0.1) is 22.0 Å². The SMILES string of the molecule is O=C(Nc1ccccc1N1CCCC1=O)c1cc(Cl)ccc1Cl. The van der Waals surface area contributed by atoms with E-state index in [1.165, 1.54) is 6.07 Å². The second-order valence-corrected chi connectivity index (χ2v) is 6.09. The fraction of sp³-hybridized carbons (Fsp3) is 0.176. The van der Waals surface area contributed by atoms with Gasteiger partial charge in [-0.2, -0.15) is 0 Å². The van der Waals surface area contributed by atoms with Crippen molar-refractivity contribution >= 4 is 46.4 Å². The van der Waals surface area contributed by atoms with Crippen LogP contribution in [0.25, 0.3) is 0 Å². The number of para-hydroxylation sites is 2. The standard InChI is InChI=1S/C17H14Cl2N2O2/c18-11-7-8-13(19)12(10-11)17(23)20-14-4-1-2-5-15(14)21-9-3-6-16(21)22/h1-2,4-5,7-8,10H,3,6,9H2,(H,20,23). The van der Waals surface area contributed by atoms with Gasteiger partial charge >= 0.3 is 0 Å². The van der Waals surface area contributed by atoms with Crippen LogP contribution in [0.15, 0.2) is 42.5 Å². The van der Waals surface area contributed by atoms with Gasteiger partial charge in [-0.05, 0) is 36.8 Å². The number of amides is 2. The van der Waals surface area contributed by atoms with E-state index in [9.17, 15) is 9.59 Å². The van der Waals surface area contributed by atoms with Crippen molar-refractivity contribution in [2.24, 2.45) is 0 Å². The molecule has 2 amide bonds. The maximum Gasteiger partial charge on any atom is 0.257 e. The van der Waals surface area contributed by atoms with Gasteiger partial charge in [-0.15, -0.1) is 0 Å². The summed E-state index contributed by atoms with van der Waals surface area (Å²) < 4.78 is 0. The van der Waals surface area contributed by atoms with Crippen LogP contribution < -0.4 is 10.2 Å². The molecule has 118 valence electrons. The molecule has 0 spiro atoms. The van der Waals surface area contributed by atoms with E-state index >= 15 is 0 Å². The fourth-order valence-corrected chi connectivity index (χ4v) is 2.95. The second kappa shape index (κ2) is 6.60. The zero-order chi connectivity index (χ0) is 16.4. The van der Waals surface area contributed by atoms with Crippen molar-refractivity contribution in [2.45, 2.75) is 12.8 Å². The van der Waals surface area contributed by atoms with E-state index in [1.807, 2.05) is 12.1 Å². The fourth-order valence-electron chi connectivity index (χ4n) is 2.58. The average Bonchev–Trinajstić information content (AvgIpc) is 2.96. The number of benzene rings is 2. The monoisotopic (exact) mass is 348 g/mol. The number of nitrogens with zero attached hydrogens (tertiary/aromatic N) is 1. The second-order valence-electron chi connectivity index (χ2n) is 5.24. The van der Waals surface area contributed by atoms with E-state index in [0.29, 0.717) is 39.9 Å². The Morgan fingerprint density at radius 3 is 2.65 bits per heavy atom. The number of carbonyl (C=O) groups is 2. The van der Waals surface area contributed by atoms with Crippen molar-refractivity contribution < 1.29 is 9.59 Å². The topological polar surface area (TPSA) is 49.4 Å². The van der Waals surface area contributed by atoms with Gasteiger partial charge in [0.15, 0.2) is 0 Å². The highest BCUT2D eigenvalue weighted by Crippen LogP contribution is 2.30. The zero-order valence-electron chi connectivity index (χ0n) is 12.2. The molecule has 1 saturated heterocycles. The first-order valence-corrected chi connectivity index (χ1v) is 7.97. The van der Waals surface area contributed by atoms with Gasteiger partial charge in [0, 0.05) is 18.0 Å². The molecule has 2 aromatic carbocycles. The molecule has 1 aliphatic rings. The van der Waals surface area contributed by atoms with Crippen LogP contribution in [0.2, 0.25) is 10.0 Å². The normalized spacial score (nSPS) is 14.2. The number of carbonyl (C=O) groups excluding carboxylic acids is 2. The van der Waals surface area contributed by atoms with E-state index in [1.54, 1.807) is 29.2 Å². The molecule has 4 nitrogen and oxygen atoms in total. The first kappa shape index (κ1) is 15.8. The molecule has 1 aliphatic heterocycles. The third-order valence-corrected chi connectivity index (χ3v) is 4.25. The van der Waals surface area contributed by atoms with Crippen molar-refractivity contribution in [2.75, 3.05) is 16.8 Å². The highest BCUT2D eigenvalue weighted by Gasteiger charge is 2.24. The lowest BCUT2D eigenvalue weighted by molar-refractivity contribution is -0.117. The lowest BCUT2D eigenvalue weighted by atomic mass is 10.2. The van der Waals surface area contributed by atoms with Gasteiger partial charge in [0.1, 0.15) is 0 Å². The van der Waals surface area contributed by atoms with E-state index in [-0.39, 0.29) is 11.8 Å². The number of rotatable bonds is 3. The molecule has 0 saturated carbocycles. The average molecular weight is 349 g/mol. The summed E-state index contributed by atoms with van der Waals surface area (Å²) in [6, 6.07) is 11.9. The Morgan fingerprint density at radius 1 is 1.13 bits per heavy atom. The molecule has 0 unspecified atom stereocenters. The van der Waals surface area contributed by atoms with Crippen molar-refractivity contribution in [1.82, 2.24) is 0 Å². The predicted molar refractivity (Wildman–Crippen MR) is 92.4 cm³/mol. The van der Waals surface area contributed by atoms with Crippen LogP contribution in [0.1, 0.15) is 23.2 Å². The number of anilines is 2. The molecule has 0 atom stereocenters. The van der Waals surface area contributed by atoms with Crippen LogP contribution in [0, 0.1) is 0 Å². The van der Waals surface area contributed by atoms with Crippen LogP contribution >= 0.6 is 23.2 Å². The van der Waals surface area contributed by atoms with Crippen LogP contribution in [0.3, 0.4) is 0 Å². The third kappa shape index (κ3) is 3.33. The summed E-state index contributed by atoms with van der Waals surface area (Å²) in [5, 5.41) is 3.57. The van der Waals surface area contributed by atoms with Crippen LogP contribution in [-0.4, -0.2) is 18.4 Å². The summed E-state index contributed by atoms with van der Waals surface area (Å²) >= 11 is 12.0. The highest BCUT2D eigenvalue weighted by atomic mass is 35.5. The molecule has 6 heteroatoms. The molecule has 0 aliphatic carbocycles. The Bertz CT molecular complexity index is 777. The summed E-state index contributed by atoms with van der Waals surface area (Å²) in [6.07, 6.45) is 1.35. The minimum atomic E-state index is -0.364. The zero-order valence-corrected chi connectivity index (χ0v) is 13.7. The summed E-state index contributed by atoms with van der Waals surface area (Å²) in [7, 11) is 0. The lowest BCUT2D eigenvalue weighted by Crippen LogP contribution is -2.25. The number of nitrogens with one attached hydrogen (secondary N) is 1. The molecule has 0 aromatic heterocycles.